The Morgan fingerprint density at radius 2 is 2.04 bits per heavy atom. The van der Waals surface area contributed by atoms with E-state index in [9.17, 15) is 9.59 Å². The summed E-state index contributed by atoms with van der Waals surface area (Å²) in [5.41, 5.74) is 0.0342. The summed E-state index contributed by atoms with van der Waals surface area (Å²) in [6, 6.07) is 3.69. The average molecular weight is 370 g/mol. The molecular formula is C21H22O6. The third-order valence-electron chi connectivity index (χ3n) is 6.13. The second-order valence-corrected chi connectivity index (χ2v) is 7.22. The van der Waals surface area contributed by atoms with Crippen LogP contribution >= 0.6 is 0 Å². The van der Waals surface area contributed by atoms with Gasteiger partial charge >= 0.3 is 0 Å². The molecule has 0 N–H and O–H groups in total. The molecule has 4 unspecified atom stereocenters. The molecule has 0 spiro atoms. The lowest BCUT2D eigenvalue weighted by Gasteiger charge is -2.31. The SMILES string of the molecule is C=CCC12C=C(OC)C(=O)C(C1=O)C(c1cc(OC)c3c(c1)OCO3)C2C. The molecule has 1 saturated carbocycles. The van der Waals surface area contributed by atoms with Crippen LogP contribution in [0.5, 0.6) is 17.2 Å². The van der Waals surface area contributed by atoms with Gasteiger partial charge in [-0.1, -0.05) is 13.0 Å². The molecule has 2 aliphatic carbocycles. The Balaban J connectivity index is 1.87. The molecule has 6 heteroatoms. The van der Waals surface area contributed by atoms with Gasteiger partial charge in [0.15, 0.2) is 23.0 Å². The van der Waals surface area contributed by atoms with E-state index in [-0.39, 0.29) is 36.0 Å². The van der Waals surface area contributed by atoms with E-state index in [0.29, 0.717) is 23.7 Å². The van der Waals surface area contributed by atoms with Gasteiger partial charge in [-0.05, 0) is 36.1 Å². The van der Waals surface area contributed by atoms with Crippen molar-refractivity contribution in [2.24, 2.45) is 17.3 Å². The van der Waals surface area contributed by atoms with Crippen LogP contribution in [0.1, 0.15) is 24.8 Å². The average Bonchev–Trinajstić information content (AvgIpc) is 3.19. The molecule has 1 fully saturated rings. The number of carbonyl (C=O) groups is 2. The number of ether oxygens (including phenoxy) is 4. The van der Waals surface area contributed by atoms with E-state index in [4.69, 9.17) is 18.9 Å². The number of hydrogen-bond acceptors (Lipinski definition) is 6. The maximum Gasteiger partial charge on any atom is 0.231 e. The van der Waals surface area contributed by atoms with Crippen molar-refractivity contribution in [3.8, 4) is 17.2 Å². The van der Waals surface area contributed by atoms with Gasteiger partial charge in [0, 0.05) is 5.92 Å². The van der Waals surface area contributed by atoms with Crippen molar-refractivity contribution in [1.82, 2.24) is 0 Å². The van der Waals surface area contributed by atoms with Crippen molar-refractivity contribution in [2.45, 2.75) is 19.3 Å². The van der Waals surface area contributed by atoms with E-state index in [2.05, 4.69) is 6.58 Å². The fourth-order valence-corrected chi connectivity index (χ4v) is 4.80. The second kappa shape index (κ2) is 6.15. The third-order valence-corrected chi connectivity index (χ3v) is 6.13. The smallest absolute Gasteiger partial charge is 0.231 e. The Bertz CT molecular complexity index is 870. The van der Waals surface area contributed by atoms with Crippen LogP contribution in [0.15, 0.2) is 36.6 Å². The molecule has 1 heterocycles. The van der Waals surface area contributed by atoms with Crippen LogP contribution in [-0.2, 0) is 14.3 Å². The zero-order valence-corrected chi connectivity index (χ0v) is 15.6. The van der Waals surface area contributed by atoms with Gasteiger partial charge in [-0.2, -0.15) is 0 Å². The number of Topliss-reactive ketones (excluding diaryl/α,β-unsaturated/α-hetero) is 2. The van der Waals surface area contributed by atoms with E-state index in [1.807, 2.05) is 19.1 Å². The normalized spacial score (nSPS) is 30.9. The van der Waals surface area contributed by atoms with Crippen molar-refractivity contribution in [2.75, 3.05) is 21.0 Å². The van der Waals surface area contributed by atoms with Crippen molar-refractivity contribution >= 4 is 11.6 Å². The molecular weight excluding hydrogens is 348 g/mol. The van der Waals surface area contributed by atoms with Crippen LogP contribution in [0.3, 0.4) is 0 Å². The molecule has 0 amide bonds. The summed E-state index contributed by atoms with van der Waals surface area (Å²) in [6.07, 6.45) is 3.89. The first kappa shape index (κ1) is 17.6. The predicted octanol–water partition coefficient (Wildman–Crippen LogP) is 3.02. The zero-order chi connectivity index (χ0) is 19.3. The van der Waals surface area contributed by atoms with Crippen LogP contribution in [0.25, 0.3) is 0 Å². The van der Waals surface area contributed by atoms with Crippen molar-refractivity contribution in [3.63, 3.8) is 0 Å². The Kier molecular flexibility index (Phi) is 4.02. The number of methoxy groups -OCH3 is 2. The molecule has 27 heavy (non-hydrogen) atoms. The minimum Gasteiger partial charge on any atom is -0.493 e. The molecule has 1 aliphatic heterocycles. The Morgan fingerprint density at radius 1 is 1.26 bits per heavy atom. The molecule has 1 aromatic rings. The van der Waals surface area contributed by atoms with Crippen LogP contribution in [-0.4, -0.2) is 32.6 Å². The molecule has 1 aromatic carbocycles. The van der Waals surface area contributed by atoms with Gasteiger partial charge in [0.1, 0.15) is 0 Å². The summed E-state index contributed by atoms with van der Waals surface area (Å²) in [4.78, 5) is 26.3. The molecule has 2 bridgehead atoms. The summed E-state index contributed by atoms with van der Waals surface area (Å²) in [7, 11) is 3.02. The van der Waals surface area contributed by atoms with E-state index in [0.717, 1.165) is 5.56 Å². The molecule has 6 nitrogen and oxygen atoms in total. The van der Waals surface area contributed by atoms with Gasteiger partial charge in [-0.25, -0.2) is 0 Å². The first-order valence-corrected chi connectivity index (χ1v) is 8.92. The highest BCUT2D eigenvalue weighted by Gasteiger charge is 2.62. The van der Waals surface area contributed by atoms with Gasteiger partial charge in [0.25, 0.3) is 0 Å². The third kappa shape index (κ3) is 2.25. The van der Waals surface area contributed by atoms with Crippen molar-refractivity contribution in [1.29, 1.82) is 0 Å². The Hall–Kier alpha value is -2.76. The van der Waals surface area contributed by atoms with Gasteiger partial charge in [-0.3, -0.25) is 9.59 Å². The van der Waals surface area contributed by atoms with E-state index in [1.165, 1.54) is 7.11 Å². The van der Waals surface area contributed by atoms with E-state index < -0.39 is 11.3 Å². The number of rotatable bonds is 5. The van der Waals surface area contributed by atoms with Gasteiger partial charge in [0.05, 0.1) is 25.6 Å². The lowest BCUT2D eigenvalue weighted by atomic mass is 9.71. The summed E-state index contributed by atoms with van der Waals surface area (Å²) >= 11 is 0. The van der Waals surface area contributed by atoms with Gasteiger partial charge in [0.2, 0.25) is 18.3 Å². The summed E-state index contributed by atoms with van der Waals surface area (Å²) < 4.78 is 21.7. The summed E-state index contributed by atoms with van der Waals surface area (Å²) in [6.45, 7) is 5.94. The minimum atomic E-state index is -0.792. The Labute approximate surface area is 157 Å². The monoisotopic (exact) mass is 370 g/mol. The quantitative estimate of drug-likeness (QED) is 0.586. The lowest BCUT2D eigenvalue weighted by Crippen LogP contribution is -2.38. The van der Waals surface area contributed by atoms with E-state index in [1.54, 1.807) is 19.3 Å². The highest BCUT2D eigenvalue weighted by atomic mass is 16.7. The number of fused-ring (bicyclic) bond motifs is 3. The second-order valence-electron chi connectivity index (χ2n) is 7.22. The molecule has 142 valence electrons. The highest BCUT2D eigenvalue weighted by molar-refractivity contribution is 6.17. The standard InChI is InChI=1S/C21H22O6/c1-5-6-21-9-15(25-4)18(22)17(20(21)23)16(11(21)2)12-7-13(24-3)19-14(8-12)26-10-27-19/h5,7-9,11,16-17H,1,6,10H2,2-4H3. The molecule has 4 rings (SSSR count). The maximum atomic E-state index is 13.3. The molecule has 4 atom stereocenters. The fourth-order valence-electron chi connectivity index (χ4n) is 4.80. The van der Waals surface area contributed by atoms with Crippen LogP contribution in [0, 0.1) is 17.3 Å². The van der Waals surface area contributed by atoms with Crippen LogP contribution in [0.4, 0.5) is 0 Å². The topological polar surface area (TPSA) is 71.1 Å². The minimum absolute atomic E-state index is 0.0673. The number of allylic oxidation sites excluding steroid dienone is 3. The van der Waals surface area contributed by atoms with Crippen LogP contribution < -0.4 is 14.2 Å². The van der Waals surface area contributed by atoms with Crippen molar-refractivity contribution < 1.29 is 28.5 Å². The van der Waals surface area contributed by atoms with Gasteiger partial charge < -0.3 is 18.9 Å². The Morgan fingerprint density at radius 3 is 2.70 bits per heavy atom. The van der Waals surface area contributed by atoms with E-state index >= 15 is 0 Å². The number of hydrogen-bond donors (Lipinski definition) is 0. The summed E-state index contributed by atoms with van der Waals surface area (Å²) in [5.74, 6) is 0.349. The molecule has 0 aromatic heterocycles. The largest absolute Gasteiger partial charge is 0.493 e. The first-order chi connectivity index (χ1) is 13.0. The fraction of sp³-hybridized carbons (Fsp3) is 0.429. The number of ketones is 2. The van der Waals surface area contributed by atoms with Crippen molar-refractivity contribution in [3.05, 3.63) is 42.2 Å². The number of carbonyl (C=O) groups excluding carboxylic acids is 2. The zero-order valence-electron chi connectivity index (χ0n) is 15.6. The molecule has 0 saturated heterocycles. The lowest BCUT2D eigenvalue weighted by molar-refractivity contribution is -0.136. The predicted molar refractivity (Wildman–Crippen MR) is 96.9 cm³/mol. The highest BCUT2D eigenvalue weighted by Crippen LogP contribution is 2.59. The first-order valence-electron chi connectivity index (χ1n) is 8.92. The number of benzene rings is 1. The maximum absolute atomic E-state index is 13.3. The van der Waals surface area contributed by atoms with Crippen LogP contribution in [0.2, 0.25) is 0 Å². The van der Waals surface area contributed by atoms with Gasteiger partial charge in [-0.15, -0.1) is 6.58 Å². The summed E-state index contributed by atoms with van der Waals surface area (Å²) in [5, 5.41) is 0. The molecule has 0 radical (unpaired) electrons. The molecule has 3 aliphatic rings.